The summed E-state index contributed by atoms with van der Waals surface area (Å²) in [6, 6.07) is 5.56. The van der Waals surface area contributed by atoms with Crippen LogP contribution in [0.15, 0.2) is 27.1 Å². The highest BCUT2D eigenvalue weighted by Gasteiger charge is 2.14. The number of hydrogen-bond donors (Lipinski definition) is 1. The lowest BCUT2D eigenvalue weighted by atomic mass is 10.2. The molecule has 16 heavy (non-hydrogen) atoms. The Balaban J connectivity index is 2.83. The third-order valence-electron chi connectivity index (χ3n) is 2.20. The highest BCUT2D eigenvalue weighted by molar-refractivity contribution is 9.11. The second-order valence-electron chi connectivity index (χ2n) is 3.49. The van der Waals surface area contributed by atoms with E-state index in [-0.39, 0.29) is 5.91 Å². The molecule has 0 saturated carbocycles. The average molecular weight is 350 g/mol. The highest BCUT2D eigenvalue weighted by Crippen LogP contribution is 2.22. The van der Waals surface area contributed by atoms with Gasteiger partial charge in [0.25, 0.3) is 5.91 Å². The Morgan fingerprint density at radius 2 is 2.12 bits per heavy atom. The van der Waals surface area contributed by atoms with Crippen molar-refractivity contribution in [2.24, 2.45) is 5.73 Å². The van der Waals surface area contributed by atoms with Crippen molar-refractivity contribution in [3.8, 4) is 0 Å². The first-order valence-corrected chi connectivity index (χ1v) is 6.55. The van der Waals surface area contributed by atoms with Gasteiger partial charge in [-0.1, -0.05) is 15.9 Å². The van der Waals surface area contributed by atoms with E-state index in [1.165, 1.54) is 0 Å². The summed E-state index contributed by atoms with van der Waals surface area (Å²) < 4.78 is 1.70. The third-order valence-corrected chi connectivity index (χ3v) is 3.39. The molecule has 0 saturated heterocycles. The Labute approximate surface area is 112 Å². The van der Waals surface area contributed by atoms with Crippen LogP contribution in [0.1, 0.15) is 16.8 Å². The van der Waals surface area contributed by atoms with Crippen LogP contribution in [0.2, 0.25) is 0 Å². The Morgan fingerprint density at radius 3 is 2.75 bits per heavy atom. The van der Waals surface area contributed by atoms with Gasteiger partial charge in [-0.2, -0.15) is 0 Å². The minimum atomic E-state index is 0.00150. The molecule has 0 unspecified atom stereocenters. The number of benzene rings is 1. The Bertz CT molecular complexity index is 382. The largest absolute Gasteiger partial charge is 0.342 e. The van der Waals surface area contributed by atoms with Gasteiger partial charge in [0.15, 0.2) is 0 Å². The molecule has 1 aromatic rings. The number of rotatable bonds is 4. The summed E-state index contributed by atoms with van der Waals surface area (Å²) in [7, 11) is 1.78. The molecule has 0 bridgehead atoms. The zero-order valence-electron chi connectivity index (χ0n) is 9.04. The van der Waals surface area contributed by atoms with Crippen molar-refractivity contribution in [3.05, 3.63) is 32.7 Å². The molecule has 0 aliphatic rings. The van der Waals surface area contributed by atoms with Crippen molar-refractivity contribution in [1.82, 2.24) is 4.90 Å². The lowest BCUT2D eigenvalue weighted by molar-refractivity contribution is 0.0793. The van der Waals surface area contributed by atoms with Gasteiger partial charge >= 0.3 is 0 Å². The summed E-state index contributed by atoms with van der Waals surface area (Å²) in [6.45, 7) is 1.27. The van der Waals surface area contributed by atoms with Crippen molar-refractivity contribution < 1.29 is 4.79 Å². The van der Waals surface area contributed by atoms with E-state index in [2.05, 4.69) is 31.9 Å². The molecular weight excluding hydrogens is 336 g/mol. The normalized spacial score (nSPS) is 10.2. The molecule has 5 heteroatoms. The summed E-state index contributed by atoms with van der Waals surface area (Å²) >= 11 is 6.73. The van der Waals surface area contributed by atoms with Gasteiger partial charge in [0, 0.05) is 22.5 Å². The van der Waals surface area contributed by atoms with Crippen LogP contribution in [0.25, 0.3) is 0 Å². The molecular formula is C11H14Br2N2O. The van der Waals surface area contributed by atoms with Crippen molar-refractivity contribution in [3.63, 3.8) is 0 Å². The van der Waals surface area contributed by atoms with Crippen LogP contribution >= 0.6 is 31.9 Å². The standard InChI is InChI=1S/C11H14Br2N2O/c1-15(6-2-5-14)11(16)9-7-8(12)3-4-10(9)13/h3-4,7H,2,5-6,14H2,1H3. The zero-order valence-corrected chi connectivity index (χ0v) is 12.2. The SMILES string of the molecule is CN(CCCN)C(=O)c1cc(Br)ccc1Br. The minimum Gasteiger partial charge on any atom is -0.342 e. The second kappa shape index (κ2) is 6.37. The molecule has 0 heterocycles. The van der Waals surface area contributed by atoms with Gasteiger partial charge in [-0.15, -0.1) is 0 Å². The van der Waals surface area contributed by atoms with Crippen molar-refractivity contribution >= 4 is 37.8 Å². The predicted molar refractivity (Wildman–Crippen MR) is 72.5 cm³/mol. The van der Waals surface area contributed by atoms with E-state index in [1.807, 2.05) is 18.2 Å². The summed E-state index contributed by atoms with van der Waals surface area (Å²) in [6.07, 6.45) is 0.813. The summed E-state index contributed by atoms with van der Waals surface area (Å²) in [5.41, 5.74) is 6.08. The molecule has 0 aliphatic carbocycles. The monoisotopic (exact) mass is 348 g/mol. The summed E-state index contributed by atoms with van der Waals surface area (Å²) in [5, 5.41) is 0. The molecule has 0 spiro atoms. The zero-order chi connectivity index (χ0) is 12.1. The maximum absolute atomic E-state index is 12.1. The van der Waals surface area contributed by atoms with Crippen LogP contribution in [0, 0.1) is 0 Å². The second-order valence-corrected chi connectivity index (χ2v) is 5.26. The molecule has 2 N–H and O–H groups in total. The van der Waals surface area contributed by atoms with Crippen molar-refractivity contribution in [2.75, 3.05) is 20.1 Å². The highest BCUT2D eigenvalue weighted by atomic mass is 79.9. The first-order chi connectivity index (χ1) is 7.56. The predicted octanol–water partition coefficient (Wildman–Crippen LogP) is 2.63. The van der Waals surface area contributed by atoms with E-state index in [1.54, 1.807) is 11.9 Å². The van der Waals surface area contributed by atoms with E-state index in [9.17, 15) is 4.79 Å². The third kappa shape index (κ3) is 3.57. The number of amides is 1. The average Bonchev–Trinajstić information content (AvgIpc) is 2.28. The summed E-state index contributed by atoms with van der Waals surface area (Å²) in [4.78, 5) is 13.7. The van der Waals surface area contributed by atoms with Crippen LogP contribution in [-0.4, -0.2) is 30.9 Å². The van der Waals surface area contributed by atoms with Gasteiger partial charge in [-0.3, -0.25) is 4.79 Å². The van der Waals surface area contributed by atoms with Gasteiger partial charge in [0.2, 0.25) is 0 Å². The van der Waals surface area contributed by atoms with Crippen LogP contribution in [-0.2, 0) is 0 Å². The van der Waals surface area contributed by atoms with Gasteiger partial charge in [-0.25, -0.2) is 0 Å². The number of hydrogen-bond acceptors (Lipinski definition) is 2. The van der Waals surface area contributed by atoms with Gasteiger partial charge in [0.05, 0.1) is 5.56 Å². The van der Waals surface area contributed by atoms with Crippen LogP contribution in [0.3, 0.4) is 0 Å². The Morgan fingerprint density at radius 1 is 1.44 bits per heavy atom. The molecule has 1 aromatic carbocycles. The molecule has 1 amide bonds. The summed E-state index contributed by atoms with van der Waals surface area (Å²) in [5.74, 6) is 0.00150. The Kier molecular flexibility index (Phi) is 5.44. The fourth-order valence-electron chi connectivity index (χ4n) is 1.30. The molecule has 3 nitrogen and oxygen atoms in total. The first-order valence-electron chi connectivity index (χ1n) is 4.97. The quantitative estimate of drug-likeness (QED) is 0.908. The first kappa shape index (κ1) is 13.7. The fraction of sp³-hybridized carbons (Fsp3) is 0.364. The number of halogens is 2. The molecule has 0 radical (unpaired) electrons. The van der Waals surface area contributed by atoms with E-state index in [0.717, 1.165) is 15.4 Å². The lowest BCUT2D eigenvalue weighted by Gasteiger charge is -2.17. The molecule has 0 atom stereocenters. The van der Waals surface area contributed by atoms with E-state index < -0.39 is 0 Å². The van der Waals surface area contributed by atoms with Gasteiger partial charge in [-0.05, 0) is 47.1 Å². The minimum absolute atomic E-state index is 0.00150. The number of carbonyl (C=O) groups is 1. The fourth-order valence-corrected chi connectivity index (χ4v) is 2.07. The van der Waals surface area contributed by atoms with E-state index >= 15 is 0 Å². The maximum Gasteiger partial charge on any atom is 0.254 e. The molecule has 0 aromatic heterocycles. The smallest absolute Gasteiger partial charge is 0.254 e. The van der Waals surface area contributed by atoms with Crippen LogP contribution in [0.4, 0.5) is 0 Å². The van der Waals surface area contributed by atoms with Gasteiger partial charge in [0.1, 0.15) is 0 Å². The van der Waals surface area contributed by atoms with Crippen LogP contribution < -0.4 is 5.73 Å². The number of carbonyl (C=O) groups excluding carboxylic acids is 1. The van der Waals surface area contributed by atoms with Crippen LogP contribution in [0.5, 0.6) is 0 Å². The van der Waals surface area contributed by atoms with Gasteiger partial charge < -0.3 is 10.6 Å². The van der Waals surface area contributed by atoms with E-state index in [0.29, 0.717) is 18.7 Å². The van der Waals surface area contributed by atoms with E-state index in [4.69, 9.17) is 5.73 Å². The van der Waals surface area contributed by atoms with Crippen molar-refractivity contribution in [1.29, 1.82) is 0 Å². The number of nitrogens with zero attached hydrogens (tertiary/aromatic N) is 1. The maximum atomic E-state index is 12.1. The topological polar surface area (TPSA) is 46.3 Å². The number of nitrogens with two attached hydrogens (primary N) is 1. The molecule has 88 valence electrons. The Hall–Kier alpha value is -0.390. The molecule has 1 rings (SSSR count). The molecule has 0 aliphatic heterocycles. The van der Waals surface area contributed by atoms with Crippen molar-refractivity contribution in [2.45, 2.75) is 6.42 Å². The molecule has 0 fully saturated rings. The lowest BCUT2D eigenvalue weighted by Crippen LogP contribution is -2.29.